The van der Waals surface area contributed by atoms with E-state index in [0.717, 1.165) is 72.3 Å². The van der Waals surface area contributed by atoms with Crippen LogP contribution in [0.3, 0.4) is 0 Å². The van der Waals surface area contributed by atoms with Gasteiger partial charge >= 0.3 is 0 Å². The zero-order valence-electron chi connectivity index (χ0n) is 29.8. The average Bonchev–Trinajstić information content (AvgIpc) is 3.77. The molecule has 2 N–H and O–H groups in total. The number of benzene rings is 8. The standard InChI is InChI=1S/C49H40O4/c1-2-3-4-5-6-7-8-25-37-32-20-12-11-19-31(32)27-39-42-34-22-14-16-24-36(34)44(46(51)49(42)53-47(37)39)43-35-23-15-13-21-33(35)41-38-26-29-17-9-10-18-30(29)28-40(38)52-48(41)45(43)50/h9-24,26-28,50-51H,2-8,25H2,1H3. The summed E-state index contributed by atoms with van der Waals surface area (Å²) in [6.45, 7) is 2.26. The molecule has 0 atom stereocenters. The fourth-order valence-electron chi connectivity index (χ4n) is 8.97. The normalized spacial score (nSPS) is 12.2. The molecule has 10 rings (SSSR count). The van der Waals surface area contributed by atoms with E-state index in [1.54, 1.807) is 0 Å². The van der Waals surface area contributed by atoms with Crippen molar-refractivity contribution in [3.8, 4) is 22.6 Å². The molecule has 0 aliphatic carbocycles. The van der Waals surface area contributed by atoms with Crippen molar-refractivity contribution in [2.75, 3.05) is 0 Å². The van der Waals surface area contributed by atoms with Crippen LogP contribution in [0.15, 0.2) is 124 Å². The maximum absolute atomic E-state index is 12.5. The zero-order valence-corrected chi connectivity index (χ0v) is 29.8. The van der Waals surface area contributed by atoms with Gasteiger partial charge in [-0.25, -0.2) is 0 Å². The van der Waals surface area contributed by atoms with Crippen LogP contribution in [0, 0.1) is 0 Å². The lowest BCUT2D eigenvalue weighted by Gasteiger charge is -2.15. The van der Waals surface area contributed by atoms with Gasteiger partial charge in [0, 0.05) is 38.2 Å². The summed E-state index contributed by atoms with van der Waals surface area (Å²) in [5.74, 6) is 0.0164. The summed E-state index contributed by atoms with van der Waals surface area (Å²) in [5, 5.41) is 36.7. The molecule has 4 heteroatoms. The largest absolute Gasteiger partial charge is 0.504 e. The number of unbranched alkanes of at least 4 members (excludes halogenated alkanes) is 6. The van der Waals surface area contributed by atoms with Crippen molar-refractivity contribution >= 4 is 87.0 Å². The number of hydrogen-bond acceptors (Lipinski definition) is 4. The van der Waals surface area contributed by atoms with Crippen LogP contribution in [0.4, 0.5) is 0 Å². The van der Waals surface area contributed by atoms with Gasteiger partial charge in [-0.2, -0.15) is 0 Å². The van der Waals surface area contributed by atoms with Crippen LogP contribution < -0.4 is 0 Å². The maximum atomic E-state index is 12.5. The molecule has 0 bridgehead atoms. The van der Waals surface area contributed by atoms with Crippen molar-refractivity contribution in [1.29, 1.82) is 0 Å². The Morgan fingerprint density at radius 2 is 0.925 bits per heavy atom. The molecule has 0 radical (unpaired) electrons. The second-order valence-electron chi connectivity index (χ2n) is 14.7. The number of hydrogen-bond donors (Lipinski definition) is 2. The van der Waals surface area contributed by atoms with E-state index < -0.39 is 0 Å². The molecule has 0 fully saturated rings. The predicted octanol–water partition coefficient (Wildman–Crippen LogP) is 14.5. The molecule has 2 heterocycles. The highest BCUT2D eigenvalue weighted by atomic mass is 16.4. The lowest BCUT2D eigenvalue weighted by Crippen LogP contribution is -1.90. The Balaban J connectivity index is 1.24. The molecule has 2 aromatic heterocycles. The number of phenolic OH excluding ortho intramolecular Hbond substituents is 2. The number of phenols is 2. The Bertz CT molecular complexity index is 3050. The van der Waals surface area contributed by atoms with Crippen LogP contribution in [0.1, 0.15) is 57.4 Å². The number of fused-ring (bicyclic) bond motifs is 12. The van der Waals surface area contributed by atoms with E-state index in [4.69, 9.17) is 8.83 Å². The van der Waals surface area contributed by atoms with Crippen LogP contribution in [0.25, 0.3) is 98.1 Å². The van der Waals surface area contributed by atoms with E-state index in [1.165, 1.54) is 54.9 Å². The first kappa shape index (κ1) is 31.7. The van der Waals surface area contributed by atoms with E-state index >= 15 is 0 Å². The van der Waals surface area contributed by atoms with Gasteiger partial charge in [0.05, 0.1) is 0 Å². The van der Waals surface area contributed by atoms with Crippen LogP contribution in [-0.2, 0) is 6.42 Å². The lowest BCUT2D eigenvalue weighted by molar-refractivity contribution is 0.464. The smallest absolute Gasteiger partial charge is 0.178 e. The van der Waals surface area contributed by atoms with Crippen LogP contribution in [0.2, 0.25) is 0 Å². The number of furan rings is 2. The first-order chi connectivity index (χ1) is 26.1. The van der Waals surface area contributed by atoms with E-state index in [9.17, 15) is 10.2 Å². The van der Waals surface area contributed by atoms with Crippen molar-refractivity contribution in [1.82, 2.24) is 0 Å². The highest BCUT2D eigenvalue weighted by Crippen LogP contribution is 2.54. The van der Waals surface area contributed by atoms with Gasteiger partial charge in [0.1, 0.15) is 11.2 Å². The lowest BCUT2D eigenvalue weighted by atomic mass is 9.88. The summed E-state index contributed by atoms with van der Waals surface area (Å²) < 4.78 is 13.4. The Morgan fingerprint density at radius 3 is 1.58 bits per heavy atom. The summed E-state index contributed by atoms with van der Waals surface area (Å²) in [4.78, 5) is 0. The quantitative estimate of drug-likeness (QED) is 0.148. The summed E-state index contributed by atoms with van der Waals surface area (Å²) in [6, 6.07) is 39.4. The van der Waals surface area contributed by atoms with E-state index in [0.29, 0.717) is 27.9 Å². The average molecular weight is 693 g/mol. The van der Waals surface area contributed by atoms with Gasteiger partial charge in [-0.3, -0.25) is 0 Å². The Kier molecular flexibility index (Phi) is 7.54. The molecule has 260 valence electrons. The predicted molar refractivity (Wildman–Crippen MR) is 221 cm³/mol. The summed E-state index contributed by atoms with van der Waals surface area (Å²) in [6.07, 6.45) is 9.55. The summed E-state index contributed by atoms with van der Waals surface area (Å²) in [5.41, 5.74) is 4.63. The molecule has 0 saturated heterocycles. The molecule has 53 heavy (non-hydrogen) atoms. The van der Waals surface area contributed by atoms with E-state index in [1.807, 2.05) is 54.6 Å². The molecule has 10 aromatic rings. The van der Waals surface area contributed by atoms with E-state index in [2.05, 4.69) is 67.6 Å². The van der Waals surface area contributed by atoms with Crippen LogP contribution >= 0.6 is 0 Å². The molecular formula is C49H40O4. The topological polar surface area (TPSA) is 66.7 Å². The fourth-order valence-corrected chi connectivity index (χ4v) is 8.97. The van der Waals surface area contributed by atoms with Crippen molar-refractivity contribution < 1.29 is 19.0 Å². The SMILES string of the molecule is CCCCCCCCCc1c2ccccc2cc2c1oc1c(O)c(-c3c(O)c4oc5cc6ccccc6cc5c4c4ccccc34)c3ccccc3c12. The molecule has 0 aliphatic rings. The third-order valence-corrected chi connectivity index (χ3v) is 11.5. The molecule has 0 unspecified atom stereocenters. The van der Waals surface area contributed by atoms with Crippen LogP contribution in [-0.4, -0.2) is 10.2 Å². The molecule has 0 aliphatic heterocycles. The minimum atomic E-state index is 0.000217. The maximum Gasteiger partial charge on any atom is 0.178 e. The second-order valence-corrected chi connectivity index (χ2v) is 14.7. The minimum absolute atomic E-state index is 0.000217. The number of aryl methyl sites for hydroxylation is 1. The van der Waals surface area contributed by atoms with Gasteiger partial charge in [-0.1, -0.05) is 143 Å². The van der Waals surface area contributed by atoms with Crippen molar-refractivity contribution in [2.24, 2.45) is 0 Å². The van der Waals surface area contributed by atoms with E-state index in [-0.39, 0.29) is 11.5 Å². The van der Waals surface area contributed by atoms with Gasteiger partial charge in [0.15, 0.2) is 22.7 Å². The first-order valence-corrected chi connectivity index (χ1v) is 19.1. The fraction of sp³-hybridized carbons (Fsp3) is 0.184. The molecule has 0 spiro atoms. The third-order valence-electron chi connectivity index (χ3n) is 11.5. The van der Waals surface area contributed by atoms with Gasteiger partial charge in [-0.15, -0.1) is 0 Å². The Morgan fingerprint density at radius 1 is 0.434 bits per heavy atom. The summed E-state index contributed by atoms with van der Waals surface area (Å²) >= 11 is 0. The second kappa shape index (κ2) is 12.6. The third kappa shape index (κ3) is 4.89. The number of aromatic hydroxyl groups is 2. The van der Waals surface area contributed by atoms with Gasteiger partial charge in [0.25, 0.3) is 0 Å². The Hall–Kier alpha value is -6.00. The van der Waals surface area contributed by atoms with Crippen molar-refractivity contribution in [2.45, 2.75) is 58.3 Å². The highest BCUT2D eigenvalue weighted by molar-refractivity contribution is 6.31. The zero-order chi connectivity index (χ0) is 35.6. The summed E-state index contributed by atoms with van der Waals surface area (Å²) in [7, 11) is 0. The van der Waals surface area contributed by atoms with Gasteiger partial charge in [0.2, 0.25) is 0 Å². The first-order valence-electron chi connectivity index (χ1n) is 19.1. The number of rotatable bonds is 9. The van der Waals surface area contributed by atoms with Crippen molar-refractivity contribution in [3.05, 3.63) is 121 Å². The monoisotopic (exact) mass is 692 g/mol. The van der Waals surface area contributed by atoms with Crippen molar-refractivity contribution in [3.63, 3.8) is 0 Å². The van der Waals surface area contributed by atoms with Gasteiger partial charge < -0.3 is 19.0 Å². The van der Waals surface area contributed by atoms with Crippen LogP contribution in [0.5, 0.6) is 11.5 Å². The Labute approximate surface area is 306 Å². The molecular weight excluding hydrogens is 653 g/mol. The molecule has 0 saturated carbocycles. The minimum Gasteiger partial charge on any atom is -0.504 e. The molecule has 8 aromatic carbocycles. The molecule has 0 amide bonds. The molecule has 4 nitrogen and oxygen atoms in total. The highest BCUT2D eigenvalue weighted by Gasteiger charge is 2.28. The van der Waals surface area contributed by atoms with Gasteiger partial charge in [-0.05, 0) is 74.1 Å².